The molecular formula is C13H18F3NO2. The third-order valence-corrected chi connectivity index (χ3v) is 2.67. The lowest BCUT2D eigenvalue weighted by atomic mass is 10.1. The quantitative estimate of drug-likeness (QED) is 0.785. The second kappa shape index (κ2) is 6.77. The summed E-state index contributed by atoms with van der Waals surface area (Å²) in [5.41, 5.74) is 1.52. The summed E-state index contributed by atoms with van der Waals surface area (Å²) < 4.78 is 41.0. The van der Waals surface area contributed by atoms with Crippen LogP contribution in [-0.4, -0.2) is 31.5 Å². The number of hydrogen-bond donors (Lipinski definition) is 2. The van der Waals surface area contributed by atoms with E-state index >= 15 is 0 Å². The van der Waals surface area contributed by atoms with Gasteiger partial charge in [0.15, 0.2) is 0 Å². The third-order valence-electron chi connectivity index (χ3n) is 2.67. The highest BCUT2D eigenvalue weighted by atomic mass is 19.4. The van der Waals surface area contributed by atoms with Gasteiger partial charge in [-0.1, -0.05) is 11.6 Å². The van der Waals surface area contributed by atoms with Crippen molar-refractivity contribution in [3.63, 3.8) is 0 Å². The molecule has 19 heavy (non-hydrogen) atoms. The van der Waals surface area contributed by atoms with Crippen LogP contribution >= 0.6 is 0 Å². The number of aryl methyl sites for hydroxylation is 1. The van der Waals surface area contributed by atoms with Crippen molar-refractivity contribution in [3.8, 4) is 5.75 Å². The highest BCUT2D eigenvalue weighted by Crippen LogP contribution is 2.26. The van der Waals surface area contributed by atoms with Crippen LogP contribution in [0.4, 0.5) is 13.2 Å². The van der Waals surface area contributed by atoms with Gasteiger partial charge in [-0.15, -0.1) is 0 Å². The molecule has 1 rings (SSSR count). The number of rotatable bonds is 6. The van der Waals surface area contributed by atoms with Gasteiger partial charge >= 0.3 is 6.18 Å². The normalized spacial score (nSPS) is 13.4. The Morgan fingerprint density at radius 2 is 2.05 bits per heavy atom. The molecule has 0 heterocycles. The van der Waals surface area contributed by atoms with Gasteiger partial charge in [0, 0.05) is 18.7 Å². The van der Waals surface area contributed by atoms with Crippen LogP contribution < -0.4 is 10.1 Å². The SMILES string of the molecule is COc1ccc(C)cc1C(O)CNCCC(F)(F)F. The molecule has 2 N–H and O–H groups in total. The lowest BCUT2D eigenvalue weighted by molar-refractivity contribution is -0.133. The van der Waals surface area contributed by atoms with Crippen LogP contribution in [-0.2, 0) is 0 Å². The van der Waals surface area contributed by atoms with E-state index in [1.807, 2.05) is 13.0 Å². The standard InChI is InChI=1S/C13H18F3NO2/c1-9-3-4-12(19-2)10(7-9)11(18)8-17-6-5-13(14,15)16/h3-4,7,11,17-18H,5-6,8H2,1-2H3. The molecule has 0 spiro atoms. The molecule has 0 saturated carbocycles. The molecular weight excluding hydrogens is 259 g/mol. The van der Waals surface area contributed by atoms with Crippen LogP contribution in [0.5, 0.6) is 5.75 Å². The van der Waals surface area contributed by atoms with Crippen LogP contribution in [0, 0.1) is 6.92 Å². The van der Waals surface area contributed by atoms with Crippen molar-refractivity contribution >= 4 is 0 Å². The Labute approximate surface area is 110 Å². The van der Waals surface area contributed by atoms with E-state index in [4.69, 9.17) is 4.74 Å². The van der Waals surface area contributed by atoms with Crippen molar-refractivity contribution in [1.82, 2.24) is 5.32 Å². The molecule has 6 heteroatoms. The summed E-state index contributed by atoms with van der Waals surface area (Å²) in [5, 5.41) is 12.5. The second-order valence-electron chi connectivity index (χ2n) is 4.33. The Morgan fingerprint density at radius 3 is 2.63 bits per heavy atom. The van der Waals surface area contributed by atoms with E-state index in [-0.39, 0.29) is 13.1 Å². The van der Waals surface area contributed by atoms with Gasteiger partial charge in [0.2, 0.25) is 0 Å². The van der Waals surface area contributed by atoms with Gasteiger partial charge in [-0.2, -0.15) is 13.2 Å². The van der Waals surface area contributed by atoms with Gasteiger partial charge in [0.1, 0.15) is 5.75 Å². The number of ether oxygens (including phenoxy) is 1. The summed E-state index contributed by atoms with van der Waals surface area (Å²) >= 11 is 0. The van der Waals surface area contributed by atoms with Crippen LogP contribution in [0.1, 0.15) is 23.7 Å². The molecule has 0 saturated heterocycles. The van der Waals surface area contributed by atoms with Gasteiger partial charge in [-0.25, -0.2) is 0 Å². The smallest absolute Gasteiger partial charge is 0.390 e. The minimum absolute atomic E-state index is 0.0515. The van der Waals surface area contributed by atoms with E-state index in [1.165, 1.54) is 7.11 Å². The van der Waals surface area contributed by atoms with E-state index < -0.39 is 18.7 Å². The van der Waals surface area contributed by atoms with E-state index in [0.29, 0.717) is 11.3 Å². The molecule has 0 aromatic heterocycles. The summed E-state index contributed by atoms with van der Waals surface area (Å²) in [6, 6.07) is 5.32. The molecule has 0 bridgehead atoms. The maximum atomic E-state index is 12.0. The van der Waals surface area contributed by atoms with Crippen LogP contribution in [0.15, 0.2) is 18.2 Å². The molecule has 108 valence electrons. The van der Waals surface area contributed by atoms with Gasteiger partial charge in [-0.3, -0.25) is 0 Å². The maximum absolute atomic E-state index is 12.0. The fraction of sp³-hybridized carbons (Fsp3) is 0.538. The maximum Gasteiger partial charge on any atom is 0.390 e. The molecule has 0 amide bonds. The first-order valence-corrected chi connectivity index (χ1v) is 5.93. The predicted octanol–water partition coefficient (Wildman–Crippen LogP) is 2.58. The van der Waals surface area contributed by atoms with Crippen molar-refractivity contribution in [1.29, 1.82) is 0 Å². The summed E-state index contributed by atoms with van der Waals surface area (Å²) in [4.78, 5) is 0. The molecule has 1 aromatic carbocycles. The number of methoxy groups -OCH3 is 1. The Hall–Kier alpha value is -1.27. The zero-order chi connectivity index (χ0) is 14.5. The Morgan fingerprint density at radius 1 is 1.37 bits per heavy atom. The Bertz CT molecular complexity index is 407. The number of benzene rings is 1. The average Bonchev–Trinajstić information content (AvgIpc) is 2.33. The largest absolute Gasteiger partial charge is 0.496 e. The first-order chi connectivity index (χ1) is 8.83. The van der Waals surface area contributed by atoms with Crippen LogP contribution in [0.2, 0.25) is 0 Å². The average molecular weight is 277 g/mol. The van der Waals surface area contributed by atoms with E-state index in [2.05, 4.69) is 5.32 Å². The van der Waals surface area contributed by atoms with E-state index in [1.54, 1.807) is 12.1 Å². The third kappa shape index (κ3) is 5.48. The number of aliphatic hydroxyl groups is 1. The van der Waals surface area contributed by atoms with E-state index in [9.17, 15) is 18.3 Å². The number of halogens is 3. The van der Waals surface area contributed by atoms with Crippen molar-refractivity contribution in [2.75, 3.05) is 20.2 Å². The van der Waals surface area contributed by atoms with Crippen LogP contribution in [0.3, 0.4) is 0 Å². The Kier molecular flexibility index (Phi) is 5.62. The molecule has 1 aromatic rings. The fourth-order valence-corrected chi connectivity index (χ4v) is 1.69. The van der Waals surface area contributed by atoms with Crippen molar-refractivity contribution < 1.29 is 23.0 Å². The molecule has 3 nitrogen and oxygen atoms in total. The zero-order valence-electron chi connectivity index (χ0n) is 10.9. The molecule has 1 unspecified atom stereocenters. The van der Waals surface area contributed by atoms with Crippen molar-refractivity contribution in [2.45, 2.75) is 25.6 Å². The summed E-state index contributed by atoms with van der Waals surface area (Å²) in [5.74, 6) is 0.524. The zero-order valence-corrected chi connectivity index (χ0v) is 10.9. The number of alkyl halides is 3. The van der Waals surface area contributed by atoms with Gasteiger partial charge in [-0.05, 0) is 19.1 Å². The first kappa shape index (κ1) is 15.8. The van der Waals surface area contributed by atoms with Crippen molar-refractivity contribution in [2.24, 2.45) is 0 Å². The van der Waals surface area contributed by atoms with Crippen LogP contribution in [0.25, 0.3) is 0 Å². The second-order valence-corrected chi connectivity index (χ2v) is 4.33. The van der Waals surface area contributed by atoms with Crippen molar-refractivity contribution in [3.05, 3.63) is 29.3 Å². The Balaban J connectivity index is 2.53. The summed E-state index contributed by atoms with van der Waals surface area (Å²) in [6.07, 6.45) is -5.99. The highest BCUT2D eigenvalue weighted by molar-refractivity contribution is 5.38. The summed E-state index contributed by atoms with van der Waals surface area (Å²) in [7, 11) is 1.48. The fourth-order valence-electron chi connectivity index (χ4n) is 1.69. The highest BCUT2D eigenvalue weighted by Gasteiger charge is 2.26. The lowest BCUT2D eigenvalue weighted by Crippen LogP contribution is -2.26. The first-order valence-electron chi connectivity index (χ1n) is 5.93. The lowest BCUT2D eigenvalue weighted by Gasteiger charge is -2.16. The monoisotopic (exact) mass is 277 g/mol. The molecule has 1 atom stereocenters. The minimum atomic E-state index is -4.18. The topological polar surface area (TPSA) is 41.5 Å². The molecule has 0 aliphatic carbocycles. The molecule has 0 aliphatic rings. The molecule has 0 radical (unpaired) electrons. The van der Waals surface area contributed by atoms with Gasteiger partial charge in [0.05, 0.1) is 19.6 Å². The van der Waals surface area contributed by atoms with E-state index in [0.717, 1.165) is 5.56 Å². The van der Waals surface area contributed by atoms with Gasteiger partial charge < -0.3 is 15.2 Å². The number of hydrogen-bond acceptors (Lipinski definition) is 3. The predicted molar refractivity (Wildman–Crippen MR) is 66.2 cm³/mol. The minimum Gasteiger partial charge on any atom is -0.496 e. The van der Waals surface area contributed by atoms with Gasteiger partial charge in [0.25, 0.3) is 0 Å². The summed E-state index contributed by atoms with van der Waals surface area (Å²) in [6.45, 7) is 1.71. The number of nitrogens with one attached hydrogen (secondary N) is 1. The number of aliphatic hydroxyl groups excluding tert-OH is 1. The molecule has 0 fully saturated rings. The molecule has 0 aliphatic heterocycles.